The van der Waals surface area contributed by atoms with Gasteiger partial charge in [-0.25, -0.2) is 0 Å². The molecule has 1 saturated heterocycles. The maximum atomic E-state index is 11.4. The van der Waals surface area contributed by atoms with Gasteiger partial charge < -0.3 is 24.5 Å². The molecule has 6 nitrogen and oxygen atoms in total. The number of rotatable bonds is 2. The lowest BCUT2D eigenvalue weighted by atomic mass is 9.78. The topological polar surface area (TPSA) is 80.0 Å². The van der Waals surface area contributed by atoms with E-state index < -0.39 is 30.3 Å². The smallest absolute Gasteiger partial charge is 0.485 e. The molecule has 0 spiro atoms. The van der Waals surface area contributed by atoms with Crippen LogP contribution in [0.15, 0.2) is 18.2 Å². The summed E-state index contributed by atoms with van der Waals surface area (Å²) in [4.78, 5) is 11.4. The van der Waals surface area contributed by atoms with Crippen molar-refractivity contribution in [2.75, 3.05) is 6.61 Å². The summed E-state index contributed by atoms with van der Waals surface area (Å²) in [6, 6.07) is 5.46. The molecule has 1 aromatic carbocycles. The highest BCUT2D eigenvalue weighted by molar-refractivity contribution is 6.63. The van der Waals surface area contributed by atoms with Crippen molar-refractivity contribution in [3.05, 3.63) is 18.2 Å². The molecule has 2 aliphatic heterocycles. The number of carbonyl (C=O) groups is 1. The van der Waals surface area contributed by atoms with Gasteiger partial charge in [-0.2, -0.15) is 0 Å². The Labute approximate surface area is 130 Å². The van der Waals surface area contributed by atoms with E-state index in [1.54, 1.807) is 6.07 Å². The zero-order chi connectivity index (χ0) is 16.1. The molecule has 3 rings (SSSR count). The monoisotopic (exact) mass is 305 g/mol. The van der Waals surface area contributed by atoms with Crippen molar-refractivity contribution in [1.29, 1.82) is 0 Å². The normalized spacial score (nSPS) is 25.1. The van der Waals surface area contributed by atoms with E-state index in [0.717, 1.165) is 0 Å². The van der Waals surface area contributed by atoms with Gasteiger partial charge in [0.25, 0.3) is 5.91 Å². The fourth-order valence-electron chi connectivity index (χ4n) is 2.41. The van der Waals surface area contributed by atoms with Crippen LogP contribution < -0.4 is 20.7 Å². The highest BCUT2D eigenvalue weighted by Gasteiger charge is 2.53. The van der Waals surface area contributed by atoms with Gasteiger partial charge in [0.05, 0.1) is 11.2 Å². The van der Waals surface area contributed by atoms with Crippen LogP contribution in [-0.4, -0.2) is 36.9 Å². The summed E-state index contributed by atoms with van der Waals surface area (Å²) in [5.74, 6) is 0.454. The molecule has 1 aromatic rings. The van der Waals surface area contributed by atoms with Crippen LogP contribution in [0.2, 0.25) is 0 Å². The highest BCUT2D eigenvalue weighted by atomic mass is 16.7. The quantitative estimate of drug-likeness (QED) is 0.810. The van der Waals surface area contributed by atoms with Gasteiger partial charge in [0.1, 0.15) is 6.61 Å². The molecule has 0 aromatic heterocycles. The Balaban J connectivity index is 1.95. The molecular weight excluding hydrogens is 285 g/mol. The van der Waals surface area contributed by atoms with Crippen molar-refractivity contribution in [2.45, 2.75) is 45.0 Å². The van der Waals surface area contributed by atoms with Crippen molar-refractivity contribution >= 4 is 18.5 Å². The van der Waals surface area contributed by atoms with E-state index in [9.17, 15) is 4.79 Å². The number of benzene rings is 1. The van der Waals surface area contributed by atoms with Gasteiger partial charge in [-0.15, -0.1) is 0 Å². The maximum absolute atomic E-state index is 11.4. The van der Waals surface area contributed by atoms with Crippen LogP contribution in [0, 0.1) is 0 Å². The molecule has 0 aliphatic carbocycles. The van der Waals surface area contributed by atoms with Crippen molar-refractivity contribution in [1.82, 2.24) is 0 Å². The van der Waals surface area contributed by atoms with Gasteiger partial charge in [0.2, 0.25) is 6.10 Å². The fraction of sp³-hybridized carbons (Fsp3) is 0.533. The summed E-state index contributed by atoms with van der Waals surface area (Å²) in [5, 5.41) is 0. The number of hydrogen-bond donors (Lipinski definition) is 1. The standard InChI is InChI=1S/C15H20BNO5/c1-14(2)15(3,4)22-16(21-14)9-6-5-7-10-12(9)20-11(8-19-10)13(17)18/h5-7,11H,8H2,1-4H3,(H2,17,18). The van der Waals surface area contributed by atoms with Crippen LogP contribution in [0.4, 0.5) is 0 Å². The summed E-state index contributed by atoms with van der Waals surface area (Å²) < 4.78 is 23.4. The molecule has 1 fully saturated rings. The van der Waals surface area contributed by atoms with Crippen molar-refractivity contribution < 1.29 is 23.6 Å². The Morgan fingerprint density at radius 1 is 1.23 bits per heavy atom. The lowest BCUT2D eigenvalue weighted by molar-refractivity contribution is -0.126. The number of primary amides is 1. The average Bonchev–Trinajstić information content (AvgIpc) is 2.66. The molecule has 118 valence electrons. The van der Waals surface area contributed by atoms with Crippen LogP contribution in [0.1, 0.15) is 27.7 Å². The first-order valence-electron chi connectivity index (χ1n) is 7.28. The molecule has 2 aliphatic rings. The summed E-state index contributed by atoms with van der Waals surface area (Å²) >= 11 is 0. The molecule has 0 bridgehead atoms. The molecule has 0 radical (unpaired) electrons. The molecular formula is C15H20BNO5. The zero-order valence-corrected chi connectivity index (χ0v) is 13.2. The van der Waals surface area contributed by atoms with Crippen LogP contribution in [0.5, 0.6) is 11.5 Å². The predicted molar refractivity (Wildman–Crippen MR) is 81.3 cm³/mol. The van der Waals surface area contributed by atoms with Crippen molar-refractivity contribution in [3.8, 4) is 11.5 Å². The van der Waals surface area contributed by atoms with Crippen molar-refractivity contribution in [3.63, 3.8) is 0 Å². The second-order valence-electron chi connectivity index (χ2n) is 6.58. The lowest BCUT2D eigenvalue weighted by Gasteiger charge is -2.32. The summed E-state index contributed by atoms with van der Waals surface area (Å²) in [5.41, 5.74) is 5.09. The van der Waals surface area contributed by atoms with Crippen molar-refractivity contribution in [2.24, 2.45) is 5.73 Å². The second kappa shape index (κ2) is 4.89. The Bertz CT molecular complexity index is 600. The summed E-state index contributed by atoms with van der Waals surface area (Å²) in [7, 11) is -0.588. The van der Waals surface area contributed by atoms with E-state index in [1.165, 1.54) is 0 Å². The summed E-state index contributed by atoms with van der Waals surface area (Å²) in [6.45, 7) is 8.02. The first-order valence-corrected chi connectivity index (χ1v) is 7.28. The molecule has 7 heteroatoms. The number of nitrogens with two attached hydrogens (primary N) is 1. The van der Waals surface area contributed by atoms with E-state index in [2.05, 4.69) is 0 Å². The fourth-order valence-corrected chi connectivity index (χ4v) is 2.41. The second-order valence-corrected chi connectivity index (χ2v) is 6.58. The lowest BCUT2D eigenvalue weighted by Crippen LogP contribution is -2.44. The number of para-hydroxylation sites is 1. The van der Waals surface area contributed by atoms with E-state index in [1.807, 2.05) is 39.8 Å². The minimum Gasteiger partial charge on any atom is -0.485 e. The Morgan fingerprint density at radius 2 is 1.86 bits per heavy atom. The number of hydrogen-bond acceptors (Lipinski definition) is 5. The Kier molecular flexibility index (Phi) is 3.38. The third-order valence-corrected chi connectivity index (χ3v) is 4.48. The van der Waals surface area contributed by atoms with Gasteiger partial charge in [0.15, 0.2) is 11.5 Å². The SMILES string of the molecule is CC1(C)OB(c2cccc3c2OC(C(N)=O)CO3)OC1(C)C. The minimum atomic E-state index is -0.809. The number of amides is 1. The molecule has 0 saturated carbocycles. The van der Waals surface area contributed by atoms with Gasteiger partial charge >= 0.3 is 7.12 Å². The number of fused-ring (bicyclic) bond motifs is 1. The van der Waals surface area contributed by atoms with E-state index in [-0.39, 0.29) is 6.61 Å². The molecule has 2 heterocycles. The van der Waals surface area contributed by atoms with Gasteiger partial charge in [-0.05, 0) is 33.8 Å². The number of ether oxygens (including phenoxy) is 2. The molecule has 1 atom stereocenters. The van der Waals surface area contributed by atoms with Gasteiger partial charge in [0, 0.05) is 5.46 Å². The predicted octanol–water partition coefficient (Wildman–Crippen LogP) is 0.611. The van der Waals surface area contributed by atoms with E-state index in [4.69, 9.17) is 24.5 Å². The highest BCUT2D eigenvalue weighted by Crippen LogP contribution is 2.39. The summed E-state index contributed by atoms with van der Waals surface area (Å²) in [6.07, 6.45) is -0.809. The molecule has 2 N–H and O–H groups in total. The molecule has 1 amide bonds. The van der Waals surface area contributed by atoms with Crippen LogP contribution in [0.3, 0.4) is 0 Å². The zero-order valence-electron chi connectivity index (χ0n) is 13.2. The largest absolute Gasteiger partial charge is 0.498 e. The molecule has 22 heavy (non-hydrogen) atoms. The van der Waals surface area contributed by atoms with Crippen LogP contribution in [-0.2, 0) is 14.1 Å². The van der Waals surface area contributed by atoms with E-state index >= 15 is 0 Å². The van der Waals surface area contributed by atoms with Crippen LogP contribution >= 0.6 is 0 Å². The Hall–Kier alpha value is -1.73. The Morgan fingerprint density at radius 3 is 2.45 bits per heavy atom. The third kappa shape index (κ3) is 2.34. The van der Waals surface area contributed by atoms with E-state index in [0.29, 0.717) is 17.0 Å². The maximum Gasteiger partial charge on any atom is 0.498 e. The van der Waals surface area contributed by atoms with Gasteiger partial charge in [-0.1, -0.05) is 12.1 Å². The van der Waals surface area contributed by atoms with Gasteiger partial charge in [-0.3, -0.25) is 4.79 Å². The van der Waals surface area contributed by atoms with Crippen LogP contribution in [0.25, 0.3) is 0 Å². The average molecular weight is 305 g/mol. The minimum absolute atomic E-state index is 0.106. The molecule has 1 unspecified atom stereocenters. The number of carbonyl (C=O) groups excluding carboxylic acids is 1. The third-order valence-electron chi connectivity index (χ3n) is 4.48. The first-order chi connectivity index (χ1) is 10.2. The first kappa shape index (κ1) is 15.2.